The predicted octanol–water partition coefficient (Wildman–Crippen LogP) is 0.530. The lowest BCUT2D eigenvalue weighted by atomic mass is 10.2. The number of aliphatic hydroxyl groups excluding tert-OH is 1. The molecule has 0 spiro atoms. The fourth-order valence-electron chi connectivity index (χ4n) is 1.71. The smallest absolute Gasteiger partial charge is 0.411 e. The van der Waals surface area contributed by atoms with E-state index in [9.17, 15) is 14.7 Å². The molecule has 17 heavy (non-hydrogen) atoms. The van der Waals surface area contributed by atoms with Crippen LogP contribution in [0.5, 0.6) is 0 Å². The van der Waals surface area contributed by atoms with E-state index in [-0.39, 0.29) is 6.54 Å². The number of rotatable bonds is 1. The number of carbonyl (C=O) groups excluding carboxylic acids is 2. The Hall–Kier alpha value is -1.30. The number of hydrogen-bond acceptors (Lipinski definition) is 5. The second-order valence-corrected chi connectivity index (χ2v) is 5.00. The van der Waals surface area contributed by atoms with E-state index >= 15 is 0 Å². The van der Waals surface area contributed by atoms with E-state index in [0.29, 0.717) is 6.42 Å². The highest BCUT2D eigenvalue weighted by Gasteiger charge is 2.43. The lowest BCUT2D eigenvalue weighted by Crippen LogP contribution is -2.47. The van der Waals surface area contributed by atoms with Crippen LogP contribution in [0.15, 0.2) is 0 Å². The van der Waals surface area contributed by atoms with Crippen LogP contribution < -0.4 is 0 Å². The first-order valence-electron chi connectivity index (χ1n) is 5.52. The van der Waals surface area contributed by atoms with Gasteiger partial charge in [-0.1, -0.05) is 0 Å². The molecule has 0 radical (unpaired) electrons. The van der Waals surface area contributed by atoms with Gasteiger partial charge in [-0.3, -0.25) is 4.90 Å². The number of esters is 1. The molecule has 0 aromatic heterocycles. The van der Waals surface area contributed by atoms with Crippen molar-refractivity contribution in [2.45, 2.75) is 44.9 Å². The lowest BCUT2D eigenvalue weighted by Gasteiger charge is -2.27. The van der Waals surface area contributed by atoms with E-state index in [1.807, 2.05) is 0 Å². The van der Waals surface area contributed by atoms with Crippen molar-refractivity contribution in [1.29, 1.82) is 0 Å². The predicted molar refractivity (Wildman–Crippen MR) is 59.4 cm³/mol. The Labute approximate surface area is 100 Å². The van der Waals surface area contributed by atoms with Gasteiger partial charge < -0.3 is 14.6 Å². The first kappa shape index (κ1) is 13.8. The first-order chi connectivity index (χ1) is 7.76. The van der Waals surface area contributed by atoms with Crippen molar-refractivity contribution in [3.8, 4) is 0 Å². The average Bonchev–Trinajstić information content (AvgIpc) is 2.56. The zero-order chi connectivity index (χ0) is 13.2. The molecule has 1 saturated heterocycles. The number of carbonyl (C=O) groups is 2. The maximum absolute atomic E-state index is 11.8. The van der Waals surface area contributed by atoms with Crippen LogP contribution in [0.1, 0.15) is 27.2 Å². The quantitative estimate of drug-likeness (QED) is 0.682. The standard InChI is InChI=1S/C11H19NO5/c1-11(2,3)17-10(15)12-6-5-7(13)8(12)9(14)16-4/h7-8,13H,5-6H2,1-4H3/t7-,8?/m0/s1. The van der Waals surface area contributed by atoms with Crippen LogP contribution in [0.3, 0.4) is 0 Å². The molecule has 0 bridgehead atoms. The molecule has 1 aliphatic rings. The van der Waals surface area contributed by atoms with Gasteiger partial charge in [0.25, 0.3) is 0 Å². The zero-order valence-electron chi connectivity index (χ0n) is 10.6. The van der Waals surface area contributed by atoms with Gasteiger partial charge in [0, 0.05) is 6.54 Å². The number of amides is 1. The summed E-state index contributed by atoms with van der Waals surface area (Å²) in [7, 11) is 1.22. The topological polar surface area (TPSA) is 76.1 Å². The van der Waals surface area contributed by atoms with Gasteiger partial charge in [0.2, 0.25) is 0 Å². The Morgan fingerprint density at radius 1 is 1.35 bits per heavy atom. The summed E-state index contributed by atoms with van der Waals surface area (Å²) in [4.78, 5) is 24.5. The lowest BCUT2D eigenvalue weighted by molar-refractivity contribution is -0.148. The normalized spacial score (nSPS) is 24.6. The Bertz CT molecular complexity index is 309. The molecule has 1 amide bonds. The van der Waals surface area contributed by atoms with E-state index < -0.39 is 29.8 Å². The third-order valence-electron chi connectivity index (χ3n) is 2.44. The molecule has 1 rings (SSSR count). The first-order valence-corrected chi connectivity index (χ1v) is 5.52. The molecule has 1 aliphatic heterocycles. The van der Waals surface area contributed by atoms with Crippen LogP contribution in [0.4, 0.5) is 4.79 Å². The van der Waals surface area contributed by atoms with Gasteiger partial charge in [0.1, 0.15) is 5.60 Å². The highest BCUT2D eigenvalue weighted by atomic mass is 16.6. The highest BCUT2D eigenvalue weighted by molar-refractivity contribution is 5.82. The minimum absolute atomic E-state index is 0.288. The van der Waals surface area contributed by atoms with Crippen molar-refractivity contribution in [3.63, 3.8) is 0 Å². The van der Waals surface area contributed by atoms with Crippen molar-refractivity contribution in [1.82, 2.24) is 4.90 Å². The Morgan fingerprint density at radius 3 is 2.41 bits per heavy atom. The van der Waals surface area contributed by atoms with Gasteiger partial charge >= 0.3 is 12.1 Å². The van der Waals surface area contributed by atoms with E-state index in [1.165, 1.54) is 12.0 Å². The van der Waals surface area contributed by atoms with Crippen LogP contribution in [-0.4, -0.2) is 53.5 Å². The Morgan fingerprint density at radius 2 is 1.94 bits per heavy atom. The van der Waals surface area contributed by atoms with Crippen LogP contribution in [0.2, 0.25) is 0 Å². The summed E-state index contributed by atoms with van der Waals surface area (Å²) in [5, 5.41) is 9.66. The van der Waals surface area contributed by atoms with Crippen LogP contribution in [0.25, 0.3) is 0 Å². The molecule has 0 aliphatic carbocycles. The maximum Gasteiger partial charge on any atom is 0.411 e. The van der Waals surface area contributed by atoms with Gasteiger partial charge in [0.05, 0.1) is 13.2 Å². The van der Waals surface area contributed by atoms with Gasteiger partial charge in [-0.25, -0.2) is 9.59 Å². The van der Waals surface area contributed by atoms with E-state index in [4.69, 9.17) is 4.74 Å². The minimum atomic E-state index is -0.963. The number of hydrogen-bond donors (Lipinski definition) is 1. The van der Waals surface area contributed by atoms with E-state index in [0.717, 1.165) is 0 Å². The zero-order valence-corrected chi connectivity index (χ0v) is 10.6. The van der Waals surface area contributed by atoms with E-state index in [1.54, 1.807) is 20.8 Å². The average molecular weight is 245 g/mol. The van der Waals surface area contributed by atoms with Crippen molar-refractivity contribution < 1.29 is 24.2 Å². The molecule has 6 nitrogen and oxygen atoms in total. The molecule has 1 fully saturated rings. The molecular formula is C11H19NO5. The summed E-state index contributed by atoms with van der Waals surface area (Å²) in [5.41, 5.74) is -0.634. The van der Waals surface area contributed by atoms with Crippen molar-refractivity contribution in [2.24, 2.45) is 0 Å². The number of methoxy groups -OCH3 is 1. The van der Waals surface area contributed by atoms with Crippen molar-refractivity contribution in [2.75, 3.05) is 13.7 Å². The molecule has 2 atom stereocenters. The van der Waals surface area contributed by atoms with Gasteiger partial charge in [-0.2, -0.15) is 0 Å². The Kier molecular flexibility index (Phi) is 3.98. The van der Waals surface area contributed by atoms with Gasteiger partial charge in [-0.05, 0) is 27.2 Å². The largest absolute Gasteiger partial charge is 0.467 e. The second-order valence-electron chi connectivity index (χ2n) is 5.00. The highest BCUT2D eigenvalue weighted by Crippen LogP contribution is 2.22. The maximum atomic E-state index is 11.8. The number of aliphatic hydroxyl groups is 1. The SMILES string of the molecule is COC(=O)C1[C@@H](O)CCN1C(=O)OC(C)(C)C. The molecule has 6 heteroatoms. The monoisotopic (exact) mass is 245 g/mol. The molecule has 98 valence electrons. The summed E-state index contributed by atoms with van der Waals surface area (Å²) in [5.74, 6) is -0.624. The second kappa shape index (κ2) is 4.91. The summed E-state index contributed by atoms with van der Waals surface area (Å²) in [6.07, 6.45) is -1.15. The van der Waals surface area contributed by atoms with Gasteiger partial charge in [-0.15, -0.1) is 0 Å². The molecule has 1 heterocycles. The minimum Gasteiger partial charge on any atom is -0.467 e. The van der Waals surface area contributed by atoms with Crippen LogP contribution >= 0.6 is 0 Å². The van der Waals surface area contributed by atoms with Crippen LogP contribution in [0, 0.1) is 0 Å². The molecule has 0 aromatic carbocycles. The fourth-order valence-corrected chi connectivity index (χ4v) is 1.71. The molecular weight excluding hydrogens is 226 g/mol. The fraction of sp³-hybridized carbons (Fsp3) is 0.818. The molecule has 1 N–H and O–H groups in total. The summed E-state index contributed by atoms with van der Waals surface area (Å²) in [6, 6.07) is -0.963. The van der Waals surface area contributed by atoms with Crippen LogP contribution in [-0.2, 0) is 14.3 Å². The molecule has 0 saturated carbocycles. The summed E-state index contributed by atoms with van der Waals surface area (Å²) in [6.45, 7) is 5.51. The number of ether oxygens (including phenoxy) is 2. The number of nitrogens with zero attached hydrogens (tertiary/aromatic N) is 1. The third kappa shape index (κ3) is 3.33. The van der Waals surface area contributed by atoms with E-state index in [2.05, 4.69) is 4.74 Å². The third-order valence-corrected chi connectivity index (χ3v) is 2.44. The van der Waals surface area contributed by atoms with Crippen molar-refractivity contribution >= 4 is 12.1 Å². The van der Waals surface area contributed by atoms with Crippen molar-refractivity contribution in [3.05, 3.63) is 0 Å². The Balaban J connectivity index is 2.76. The summed E-state index contributed by atoms with van der Waals surface area (Å²) >= 11 is 0. The summed E-state index contributed by atoms with van der Waals surface area (Å²) < 4.78 is 9.73. The molecule has 1 unspecified atom stereocenters. The van der Waals surface area contributed by atoms with Gasteiger partial charge in [0.15, 0.2) is 6.04 Å². The molecule has 0 aromatic rings. The number of likely N-dealkylation sites (tertiary alicyclic amines) is 1.